The molecule has 32 heavy (non-hydrogen) atoms. The van der Waals surface area contributed by atoms with Crippen LogP contribution in [0.15, 0.2) is 66.7 Å². The Labute approximate surface area is 182 Å². The largest absolute Gasteiger partial charge is 0.488 e. The number of alkyl halides is 4. The van der Waals surface area contributed by atoms with E-state index in [0.717, 1.165) is 17.7 Å². The van der Waals surface area contributed by atoms with E-state index in [1.807, 2.05) is 0 Å². The van der Waals surface area contributed by atoms with Crippen molar-refractivity contribution >= 4 is 0 Å². The molecule has 0 aliphatic rings. The van der Waals surface area contributed by atoms with Gasteiger partial charge in [-0.2, -0.15) is 8.78 Å². The highest BCUT2D eigenvalue weighted by Crippen LogP contribution is 2.38. The zero-order chi connectivity index (χ0) is 23.5. The molecular weight excluding hydrogens is 430 g/mol. The van der Waals surface area contributed by atoms with E-state index in [-0.39, 0.29) is 23.8 Å². The molecule has 0 spiro atoms. The van der Waals surface area contributed by atoms with E-state index in [9.17, 15) is 26.3 Å². The van der Waals surface area contributed by atoms with Crippen LogP contribution in [0.4, 0.5) is 26.3 Å². The van der Waals surface area contributed by atoms with E-state index in [1.54, 1.807) is 50.2 Å². The molecular formula is C25H22F6O. The molecule has 7 heteroatoms. The summed E-state index contributed by atoms with van der Waals surface area (Å²) in [7, 11) is 0. The minimum Gasteiger partial charge on any atom is -0.488 e. The molecule has 0 radical (unpaired) electrons. The van der Waals surface area contributed by atoms with Crippen molar-refractivity contribution in [2.24, 2.45) is 0 Å². The second-order valence-corrected chi connectivity index (χ2v) is 7.80. The van der Waals surface area contributed by atoms with Crippen LogP contribution >= 0.6 is 0 Å². The first kappa shape index (κ1) is 23.7. The Balaban J connectivity index is 2.10. The summed E-state index contributed by atoms with van der Waals surface area (Å²) in [6, 6.07) is 15.3. The monoisotopic (exact) mass is 452 g/mol. The molecule has 1 nitrogen and oxygen atoms in total. The number of hydrogen-bond donors (Lipinski definition) is 0. The van der Waals surface area contributed by atoms with Crippen molar-refractivity contribution in [2.75, 3.05) is 0 Å². The van der Waals surface area contributed by atoms with Crippen LogP contribution in [0.3, 0.4) is 0 Å². The molecule has 0 heterocycles. The van der Waals surface area contributed by atoms with Gasteiger partial charge in [-0.15, -0.1) is 0 Å². The third-order valence-corrected chi connectivity index (χ3v) is 4.99. The highest BCUT2D eigenvalue weighted by molar-refractivity contribution is 5.41. The molecule has 0 N–H and O–H groups in total. The van der Waals surface area contributed by atoms with Gasteiger partial charge in [-0.25, -0.2) is 17.6 Å². The predicted molar refractivity (Wildman–Crippen MR) is 110 cm³/mol. The Morgan fingerprint density at radius 1 is 0.844 bits per heavy atom. The van der Waals surface area contributed by atoms with E-state index in [4.69, 9.17) is 4.74 Å². The molecule has 1 atom stereocenters. The van der Waals surface area contributed by atoms with E-state index in [1.165, 1.54) is 12.1 Å². The molecule has 0 amide bonds. The first-order valence-corrected chi connectivity index (χ1v) is 10.0. The van der Waals surface area contributed by atoms with Gasteiger partial charge in [-0.05, 0) is 67.3 Å². The van der Waals surface area contributed by atoms with Gasteiger partial charge >= 0.3 is 12.3 Å². The van der Waals surface area contributed by atoms with Crippen molar-refractivity contribution in [2.45, 2.75) is 44.6 Å². The Kier molecular flexibility index (Phi) is 7.16. The molecule has 1 unspecified atom stereocenters. The second-order valence-electron chi connectivity index (χ2n) is 7.80. The lowest BCUT2D eigenvalue weighted by molar-refractivity contribution is -0.135. The summed E-state index contributed by atoms with van der Waals surface area (Å²) in [5.41, 5.74) is 0.0770. The Hall–Kier alpha value is -2.96. The molecule has 0 saturated carbocycles. The van der Waals surface area contributed by atoms with Crippen LogP contribution in [0.25, 0.3) is 0 Å². The number of benzene rings is 3. The number of halogens is 6. The molecule has 170 valence electrons. The fraction of sp³-hybridized carbons (Fsp3) is 0.280. The molecule has 0 aromatic heterocycles. The molecule has 0 saturated heterocycles. The molecule has 0 aliphatic carbocycles. The fourth-order valence-electron chi connectivity index (χ4n) is 3.49. The fourth-order valence-corrected chi connectivity index (χ4v) is 3.49. The van der Waals surface area contributed by atoms with Crippen molar-refractivity contribution < 1.29 is 31.1 Å². The Morgan fingerprint density at radius 2 is 1.53 bits per heavy atom. The maximum atomic E-state index is 14.7. The van der Waals surface area contributed by atoms with Crippen LogP contribution in [-0.4, -0.2) is 12.5 Å². The lowest BCUT2D eigenvalue weighted by Gasteiger charge is -2.22. The summed E-state index contributed by atoms with van der Waals surface area (Å²) >= 11 is 0. The van der Waals surface area contributed by atoms with E-state index < -0.39 is 35.5 Å². The lowest BCUT2D eigenvalue weighted by Crippen LogP contribution is -2.24. The molecule has 0 fully saturated rings. The molecule has 3 aromatic rings. The molecule has 3 aromatic carbocycles. The van der Waals surface area contributed by atoms with Crippen molar-refractivity contribution in [3.63, 3.8) is 0 Å². The summed E-state index contributed by atoms with van der Waals surface area (Å²) in [6.07, 6.45) is -4.04. The van der Waals surface area contributed by atoms with Gasteiger partial charge in [0, 0.05) is 11.5 Å². The summed E-state index contributed by atoms with van der Waals surface area (Å²) in [4.78, 5) is 0. The number of hydrogen-bond acceptors (Lipinski definition) is 1. The van der Waals surface area contributed by atoms with Gasteiger partial charge in [-0.1, -0.05) is 36.4 Å². The maximum Gasteiger partial charge on any atom is 0.332 e. The van der Waals surface area contributed by atoms with Crippen molar-refractivity contribution in [1.82, 2.24) is 0 Å². The van der Waals surface area contributed by atoms with Crippen LogP contribution in [0.1, 0.15) is 42.0 Å². The van der Waals surface area contributed by atoms with Gasteiger partial charge in [0.1, 0.15) is 5.82 Å². The van der Waals surface area contributed by atoms with Gasteiger partial charge in [0.25, 0.3) is 0 Å². The van der Waals surface area contributed by atoms with Crippen molar-refractivity contribution in [1.29, 1.82) is 0 Å². The summed E-state index contributed by atoms with van der Waals surface area (Å²) < 4.78 is 88.1. The van der Waals surface area contributed by atoms with Gasteiger partial charge in [-0.3, -0.25) is 0 Å². The predicted octanol–water partition coefficient (Wildman–Crippen LogP) is 7.48. The van der Waals surface area contributed by atoms with Crippen LogP contribution in [-0.2, 0) is 12.3 Å². The minimum absolute atomic E-state index is 0.0198. The molecule has 0 aliphatic heterocycles. The van der Waals surface area contributed by atoms with Gasteiger partial charge in [0.15, 0.2) is 11.6 Å². The average molecular weight is 452 g/mol. The number of ether oxygens (including phenoxy) is 1. The number of rotatable bonds is 8. The standard InChI is InChI=1S/C25H22F6O/c1-15(2)32-23-9-8-17(13-22(23)27)21(10-16-6-4-3-5-7-16)18-11-19(14-20(26)12-18)25(30,31)24(28)29/h3-9,11-15,21,24H,10H2,1-2H3. The minimum atomic E-state index is -4.52. The Bertz CT molecular complexity index is 1050. The third-order valence-electron chi connectivity index (χ3n) is 4.99. The normalized spacial score (nSPS) is 12.9. The molecule has 0 bridgehead atoms. The van der Waals surface area contributed by atoms with Gasteiger partial charge < -0.3 is 4.74 Å². The van der Waals surface area contributed by atoms with Crippen LogP contribution in [0.2, 0.25) is 0 Å². The smallest absolute Gasteiger partial charge is 0.332 e. The summed E-state index contributed by atoms with van der Waals surface area (Å²) in [5.74, 6) is -7.00. The van der Waals surface area contributed by atoms with E-state index >= 15 is 0 Å². The summed E-state index contributed by atoms with van der Waals surface area (Å²) in [5, 5.41) is 0. The first-order valence-electron chi connectivity index (χ1n) is 10.0. The van der Waals surface area contributed by atoms with Crippen molar-refractivity contribution in [3.8, 4) is 5.75 Å². The zero-order valence-electron chi connectivity index (χ0n) is 17.5. The molecule has 3 rings (SSSR count). The van der Waals surface area contributed by atoms with Gasteiger partial charge in [0.2, 0.25) is 0 Å². The highest BCUT2D eigenvalue weighted by atomic mass is 19.3. The topological polar surface area (TPSA) is 9.23 Å². The quantitative estimate of drug-likeness (QED) is 0.322. The average Bonchev–Trinajstić information content (AvgIpc) is 2.73. The SMILES string of the molecule is CC(C)Oc1ccc(C(Cc2ccccc2)c2cc(F)cc(C(F)(F)C(F)F)c2)cc1F. The second kappa shape index (κ2) is 9.67. The van der Waals surface area contributed by atoms with E-state index in [0.29, 0.717) is 11.6 Å². The summed E-state index contributed by atoms with van der Waals surface area (Å²) in [6.45, 7) is 3.48. The van der Waals surface area contributed by atoms with E-state index in [2.05, 4.69) is 0 Å². The van der Waals surface area contributed by atoms with Crippen molar-refractivity contribution in [3.05, 3.63) is 101 Å². The first-order chi connectivity index (χ1) is 15.1. The third kappa shape index (κ3) is 5.44. The maximum absolute atomic E-state index is 14.7. The Morgan fingerprint density at radius 3 is 2.12 bits per heavy atom. The van der Waals surface area contributed by atoms with Crippen LogP contribution in [0.5, 0.6) is 5.75 Å². The van der Waals surface area contributed by atoms with Gasteiger partial charge in [0.05, 0.1) is 6.10 Å². The highest BCUT2D eigenvalue weighted by Gasteiger charge is 2.43. The lowest BCUT2D eigenvalue weighted by atomic mass is 9.84. The zero-order valence-corrected chi connectivity index (χ0v) is 17.5. The van der Waals surface area contributed by atoms with Crippen LogP contribution < -0.4 is 4.74 Å². The van der Waals surface area contributed by atoms with Crippen LogP contribution in [0, 0.1) is 11.6 Å².